The lowest BCUT2D eigenvalue weighted by Gasteiger charge is -2.09. The normalized spacial score (nSPS) is 10.8. The van der Waals surface area contributed by atoms with Gasteiger partial charge in [-0.3, -0.25) is 4.79 Å². The third-order valence-electron chi connectivity index (χ3n) is 4.08. The summed E-state index contributed by atoms with van der Waals surface area (Å²) < 4.78 is 5.43. The van der Waals surface area contributed by atoms with Crippen LogP contribution >= 0.6 is 23.2 Å². The number of carbonyl (C=O) groups excluding carboxylic acids is 1. The van der Waals surface area contributed by atoms with Crippen LogP contribution in [0.2, 0.25) is 10.0 Å². The zero-order valence-electron chi connectivity index (χ0n) is 14.6. The number of fused-ring (bicyclic) bond motifs is 1. The number of hydrogen-bond acceptors (Lipinski definition) is 3. The molecule has 2 N–H and O–H groups in total. The number of rotatable bonds is 5. The molecule has 0 fully saturated rings. The van der Waals surface area contributed by atoms with Crippen molar-refractivity contribution in [1.82, 2.24) is 9.97 Å². The highest BCUT2D eigenvalue weighted by atomic mass is 35.5. The second-order valence-electron chi connectivity index (χ2n) is 6.09. The molecule has 0 bridgehead atoms. The molecule has 1 heterocycles. The van der Waals surface area contributed by atoms with Gasteiger partial charge in [0.2, 0.25) is 0 Å². The van der Waals surface area contributed by atoms with Crippen molar-refractivity contribution in [3.63, 3.8) is 0 Å². The standard InChI is InChI=1S/C21H15Cl2N3O2/c22-14-7-10-19(16(23)11-14)28-12-20(27)24-15-8-5-13(6-9-15)21-25-17-3-1-2-4-18(17)26-21/h1-11H,12H2,(H,24,27)(H,25,26). The van der Waals surface area contributed by atoms with E-state index in [9.17, 15) is 4.79 Å². The van der Waals surface area contributed by atoms with E-state index in [2.05, 4.69) is 15.3 Å². The Kier molecular flexibility index (Phi) is 5.19. The first kappa shape index (κ1) is 18.3. The number of carbonyl (C=O) groups is 1. The first-order valence-corrected chi connectivity index (χ1v) is 9.27. The van der Waals surface area contributed by atoms with Crippen LogP contribution in [0.15, 0.2) is 66.7 Å². The molecule has 0 saturated carbocycles. The highest BCUT2D eigenvalue weighted by molar-refractivity contribution is 6.35. The van der Waals surface area contributed by atoms with Gasteiger partial charge >= 0.3 is 0 Å². The molecule has 0 unspecified atom stereocenters. The third kappa shape index (κ3) is 4.11. The third-order valence-corrected chi connectivity index (χ3v) is 4.61. The zero-order chi connectivity index (χ0) is 19.5. The van der Waals surface area contributed by atoms with Crippen molar-refractivity contribution in [3.8, 4) is 17.1 Å². The van der Waals surface area contributed by atoms with Crippen LogP contribution in [0.5, 0.6) is 5.75 Å². The summed E-state index contributed by atoms with van der Waals surface area (Å²) in [6.07, 6.45) is 0. The second kappa shape index (κ2) is 7.92. The van der Waals surface area contributed by atoms with E-state index in [1.807, 2.05) is 48.5 Å². The van der Waals surface area contributed by atoms with Gasteiger partial charge in [-0.1, -0.05) is 35.3 Å². The molecule has 4 aromatic rings. The Labute approximate surface area is 171 Å². The number of hydrogen-bond donors (Lipinski definition) is 2. The van der Waals surface area contributed by atoms with E-state index in [1.54, 1.807) is 18.2 Å². The Hall–Kier alpha value is -3.02. The predicted molar refractivity (Wildman–Crippen MR) is 112 cm³/mol. The van der Waals surface area contributed by atoms with Crippen molar-refractivity contribution in [2.24, 2.45) is 0 Å². The maximum absolute atomic E-state index is 12.1. The Morgan fingerprint density at radius 1 is 1.04 bits per heavy atom. The van der Waals surface area contributed by atoms with Crippen molar-refractivity contribution in [2.45, 2.75) is 0 Å². The molecule has 0 aliphatic carbocycles. The van der Waals surface area contributed by atoms with Crippen LogP contribution in [0.25, 0.3) is 22.4 Å². The fourth-order valence-electron chi connectivity index (χ4n) is 2.73. The smallest absolute Gasteiger partial charge is 0.262 e. The number of anilines is 1. The van der Waals surface area contributed by atoms with Crippen LogP contribution < -0.4 is 10.1 Å². The van der Waals surface area contributed by atoms with Gasteiger partial charge in [-0.2, -0.15) is 0 Å². The fourth-order valence-corrected chi connectivity index (χ4v) is 3.20. The van der Waals surface area contributed by atoms with Gasteiger partial charge in [0, 0.05) is 16.3 Å². The summed E-state index contributed by atoms with van der Waals surface area (Å²) in [6.45, 7) is -0.160. The number of aromatic amines is 1. The molecule has 0 aliphatic heterocycles. The lowest BCUT2D eigenvalue weighted by atomic mass is 10.2. The summed E-state index contributed by atoms with van der Waals surface area (Å²) in [6, 6.07) is 20.1. The minimum absolute atomic E-state index is 0.160. The number of nitrogens with zero attached hydrogens (tertiary/aromatic N) is 1. The molecule has 4 rings (SSSR count). The number of ether oxygens (including phenoxy) is 1. The quantitative estimate of drug-likeness (QED) is 0.451. The minimum Gasteiger partial charge on any atom is -0.482 e. The number of amides is 1. The maximum atomic E-state index is 12.1. The Morgan fingerprint density at radius 3 is 2.57 bits per heavy atom. The van der Waals surface area contributed by atoms with Gasteiger partial charge in [-0.15, -0.1) is 0 Å². The van der Waals surface area contributed by atoms with Gasteiger partial charge in [0.05, 0.1) is 16.1 Å². The van der Waals surface area contributed by atoms with Crippen LogP contribution in [0.1, 0.15) is 0 Å². The number of imidazole rings is 1. The monoisotopic (exact) mass is 411 g/mol. The van der Waals surface area contributed by atoms with Gasteiger partial charge < -0.3 is 15.0 Å². The van der Waals surface area contributed by atoms with Crippen molar-refractivity contribution in [3.05, 3.63) is 76.8 Å². The number of halogens is 2. The van der Waals surface area contributed by atoms with E-state index in [1.165, 1.54) is 0 Å². The van der Waals surface area contributed by atoms with E-state index in [4.69, 9.17) is 27.9 Å². The number of benzene rings is 3. The Balaban J connectivity index is 1.39. The lowest BCUT2D eigenvalue weighted by Crippen LogP contribution is -2.20. The molecule has 0 spiro atoms. The van der Waals surface area contributed by atoms with Crippen LogP contribution in [0, 0.1) is 0 Å². The Bertz CT molecular complexity index is 1110. The van der Waals surface area contributed by atoms with Gasteiger partial charge in [0.1, 0.15) is 11.6 Å². The molecule has 0 radical (unpaired) electrons. The predicted octanol–water partition coefficient (Wildman–Crippen LogP) is 5.55. The molecule has 1 aromatic heterocycles. The Morgan fingerprint density at radius 2 is 1.82 bits per heavy atom. The van der Waals surface area contributed by atoms with Crippen LogP contribution in [-0.4, -0.2) is 22.5 Å². The van der Waals surface area contributed by atoms with Gasteiger partial charge in [0.15, 0.2) is 6.61 Å². The molecule has 5 nitrogen and oxygen atoms in total. The van der Waals surface area contributed by atoms with Crippen LogP contribution in [-0.2, 0) is 4.79 Å². The molecule has 1 amide bonds. The summed E-state index contributed by atoms with van der Waals surface area (Å²) in [5.74, 6) is 0.892. The molecule has 28 heavy (non-hydrogen) atoms. The zero-order valence-corrected chi connectivity index (χ0v) is 16.1. The summed E-state index contributed by atoms with van der Waals surface area (Å²) in [4.78, 5) is 20.0. The van der Waals surface area contributed by atoms with Gasteiger partial charge in [-0.25, -0.2) is 4.98 Å². The first-order chi connectivity index (χ1) is 13.6. The highest BCUT2D eigenvalue weighted by Crippen LogP contribution is 2.27. The van der Waals surface area contributed by atoms with Crippen molar-refractivity contribution in [1.29, 1.82) is 0 Å². The molecule has 0 aliphatic rings. The van der Waals surface area contributed by atoms with E-state index in [0.717, 1.165) is 22.4 Å². The van der Waals surface area contributed by atoms with E-state index in [0.29, 0.717) is 21.5 Å². The maximum Gasteiger partial charge on any atom is 0.262 e. The second-order valence-corrected chi connectivity index (χ2v) is 6.94. The van der Waals surface area contributed by atoms with E-state index >= 15 is 0 Å². The SMILES string of the molecule is O=C(COc1ccc(Cl)cc1Cl)Nc1ccc(-c2nc3ccccc3[nH]2)cc1. The number of nitrogens with one attached hydrogen (secondary N) is 2. The van der Waals surface area contributed by atoms with Gasteiger partial charge in [-0.05, 0) is 54.6 Å². The molecular weight excluding hydrogens is 397 g/mol. The molecule has 0 atom stereocenters. The molecular formula is C21H15Cl2N3O2. The van der Waals surface area contributed by atoms with Crippen molar-refractivity contribution >= 4 is 45.8 Å². The molecule has 140 valence electrons. The average molecular weight is 412 g/mol. The van der Waals surface area contributed by atoms with Crippen molar-refractivity contribution < 1.29 is 9.53 Å². The van der Waals surface area contributed by atoms with Crippen molar-refractivity contribution in [2.75, 3.05) is 11.9 Å². The largest absolute Gasteiger partial charge is 0.482 e. The van der Waals surface area contributed by atoms with Crippen LogP contribution in [0.3, 0.4) is 0 Å². The average Bonchev–Trinajstić information content (AvgIpc) is 3.12. The summed E-state index contributed by atoms with van der Waals surface area (Å²) in [5, 5.41) is 3.65. The lowest BCUT2D eigenvalue weighted by molar-refractivity contribution is -0.118. The fraction of sp³-hybridized carbons (Fsp3) is 0.0476. The summed E-state index contributed by atoms with van der Waals surface area (Å²) in [7, 11) is 0. The summed E-state index contributed by atoms with van der Waals surface area (Å²) >= 11 is 11.9. The minimum atomic E-state index is -0.289. The number of para-hydroxylation sites is 2. The number of H-pyrrole nitrogens is 1. The first-order valence-electron chi connectivity index (χ1n) is 8.51. The summed E-state index contributed by atoms with van der Waals surface area (Å²) in [5.41, 5.74) is 3.48. The number of aromatic nitrogens is 2. The van der Waals surface area contributed by atoms with Crippen LogP contribution in [0.4, 0.5) is 5.69 Å². The van der Waals surface area contributed by atoms with Gasteiger partial charge in [0.25, 0.3) is 5.91 Å². The highest BCUT2D eigenvalue weighted by Gasteiger charge is 2.08. The molecule has 0 saturated heterocycles. The molecule has 3 aromatic carbocycles. The van der Waals surface area contributed by atoms with E-state index in [-0.39, 0.29) is 12.5 Å². The van der Waals surface area contributed by atoms with E-state index < -0.39 is 0 Å². The topological polar surface area (TPSA) is 67.0 Å². The molecule has 7 heteroatoms.